The lowest BCUT2D eigenvalue weighted by Crippen LogP contribution is -2.34. The molecule has 0 spiro atoms. The number of hydrogen-bond donors (Lipinski definition) is 1. The highest BCUT2D eigenvalue weighted by Crippen LogP contribution is 2.33. The minimum Gasteiger partial charge on any atom is -0.491 e. The van der Waals surface area contributed by atoms with E-state index in [-0.39, 0.29) is 31.9 Å². The topological polar surface area (TPSA) is 94.6 Å². The van der Waals surface area contributed by atoms with Crippen LogP contribution in [0.3, 0.4) is 0 Å². The first-order valence-corrected chi connectivity index (χ1v) is 11.1. The molecule has 1 heterocycles. The highest BCUT2D eigenvalue weighted by molar-refractivity contribution is 14.1. The fraction of sp³-hybridized carbons (Fsp3) is 0.636. The third kappa shape index (κ3) is 8.39. The first-order valence-electron chi connectivity index (χ1n) is 10.0. The summed E-state index contributed by atoms with van der Waals surface area (Å²) in [5.41, 5.74) is -1.51. The van der Waals surface area contributed by atoms with Crippen molar-refractivity contribution in [3.05, 3.63) is 27.8 Å². The van der Waals surface area contributed by atoms with Gasteiger partial charge < -0.3 is 24.1 Å². The average molecular weight is 534 g/mol. The molecule has 0 amide bonds. The van der Waals surface area contributed by atoms with Crippen LogP contribution < -0.4 is 4.74 Å². The van der Waals surface area contributed by atoms with E-state index < -0.39 is 22.9 Å². The van der Waals surface area contributed by atoms with Gasteiger partial charge in [0.05, 0.1) is 17.4 Å². The van der Waals surface area contributed by atoms with Crippen molar-refractivity contribution in [2.24, 2.45) is 10.8 Å². The lowest BCUT2D eigenvalue weighted by Gasteiger charge is -2.28. The third-order valence-corrected chi connectivity index (χ3v) is 5.66. The van der Waals surface area contributed by atoms with Gasteiger partial charge in [-0.15, -0.1) is 0 Å². The first kappa shape index (κ1) is 24.9. The maximum atomic E-state index is 12.5. The number of hydrogen-bond acceptors (Lipinski definition) is 7. The largest absolute Gasteiger partial charge is 0.491 e. The van der Waals surface area contributed by atoms with Gasteiger partial charge in [0.25, 0.3) is 0 Å². The van der Waals surface area contributed by atoms with Gasteiger partial charge in [0.1, 0.15) is 37.8 Å². The third-order valence-electron chi connectivity index (χ3n) is 4.95. The van der Waals surface area contributed by atoms with Crippen LogP contribution in [0, 0.1) is 14.4 Å². The van der Waals surface area contributed by atoms with Crippen molar-refractivity contribution >= 4 is 34.5 Å². The summed E-state index contributed by atoms with van der Waals surface area (Å²) in [6.45, 7) is 7.92. The maximum absolute atomic E-state index is 12.5. The molecule has 0 aliphatic carbocycles. The number of aliphatic hydroxyl groups is 1. The summed E-state index contributed by atoms with van der Waals surface area (Å²) in [6.07, 6.45) is 0.0124. The number of halogens is 1. The van der Waals surface area contributed by atoms with Crippen LogP contribution in [0.4, 0.5) is 0 Å². The second-order valence-electron chi connectivity index (χ2n) is 8.84. The number of rotatable bonds is 12. The molecule has 2 atom stereocenters. The molecule has 0 radical (unpaired) electrons. The van der Waals surface area contributed by atoms with Crippen LogP contribution in [0.15, 0.2) is 24.3 Å². The van der Waals surface area contributed by atoms with Gasteiger partial charge in [-0.05, 0) is 87.4 Å². The van der Waals surface area contributed by atoms with Gasteiger partial charge in [-0.3, -0.25) is 9.59 Å². The van der Waals surface area contributed by atoms with Gasteiger partial charge in [-0.25, -0.2) is 0 Å². The van der Waals surface area contributed by atoms with Crippen molar-refractivity contribution in [3.8, 4) is 5.75 Å². The molecule has 1 aliphatic heterocycles. The van der Waals surface area contributed by atoms with E-state index >= 15 is 0 Å². The van der Waals surface area contributed by atoms with Crippen LogP contribution in [0.5, 0.6) is 5.75 Å². The molecule has 1 aromatic rings. The van der Waals surface area contributed by atoms with Crippen molar-refractivity contribution in [2.75, 3.05) is 26.4 Å². The molecule has 1 aliphatic rings. The molecule has 7 nitrogen and oxygen atoms in total. The Balaban J connectivity index is 1.71. The Morgan fingerprint density at radius 1 is 1.07 bits per heavy atom. The van der Waals surface area contributed by atoms with Gasteiger partial charge >= 0.3 is 11.9 Å². The van der Waals surface area contributed by atoms with Crippen molar-refractivity contribution in [3.63, 3.8) is 0 Å². The molecule has 1 N–H and O–H groups in total. The maximum Gasteiger partial charge on any atom is 0.311 e. The van der Waals surface area contributed by atoms with Crippen molar-refractivity contribution in [2.45, 2.75) is 52.7 Å². The zero-order valence-electron chi connectivity index (χ0n) is 18.0. The van der Waals surface area contributed by atoms with E-state index in [1.165, 1.54) is 0 Å². The summed E-state index contributed by atoms with van der Waals surface area (Å²) >= 11 is 2.20. The summed E-state index contributed by atoms with van der Waals surface area (Å²) in [4.78, 5) is 24.7. The lowest BCUT2D eigenvalue weighted by molar-refractivity contribution is -0.161. The Labute approximate surface area is 191 Å². The normalized spacial score (nSPS) is 17.2. The van der Waals surface area contributed by atoms with Crippen molar-refractivity contribution in [1.29, 1.82) is 0 Å². The molecular formula is C22H31IO7. The Morgan fingerprint density at radius 3 is 2.13 bits per heavy atom. The molecule has 2 rings (SSSR count). The monoisotopic (exact) mass is 534 g/mol. The molecular weight excluding hydrogens is 503 g/mol. The SMILES string of the molecule is CC(C)(CCC(C)(C)C(=O)OCC1CO1)C(=O)OCC(O)COc1ccc(I)cc1. The summed E-state index contributed by atoms with van der Waals surface area (Å²) in [5.74, 6) is -0.0832. The van der Waals surface area contributed by atoms with E-state index in [9.17, 15) is 14.7 Å². The predicted octanol–water partition coefficient (Wildman–Crippen LogP) is 3.35. The average Bonchev–Trinajstić information content (AvgIpc) is 3.52. The van der Waals surface area contributed by atoms with Crippen LogP contribution in [0.2, 0.25) is 0 Å². The number of ether oxygens (including phenoxy) is 4. The molecule has 1 fully saturated rings. The Hall–Kier alpha value is -1.39. The molecule has 0 saturated carbocycles. The van der Waals surface area contributed by atoms with Crippen molar-refractivity contribution < 1.29 is 33.6 Å². The minimum absolute atomic E-state index is 0.0252. The standard InChI is InChI=1S/C22H31IO7/c1-21(2,9-10-22(3,4)20(26)30-14-18-13-28-18)19(25)29-12-16(24)11-27-17-7-5-15(23)6-8-17/h5-8,16,18,24H,9-14H2,1-4H3. The molecule has 1 aromatic carbocycles. The predicted molar refractivity (Wildman–Crippen MR) is 119 cm³/mol. The van der Waals surface area contributed by atoms with E-state index in [1.807, 2.05) is 24.3 Å². The lowest BCUT2D eigenvalue weighted by atomic mass is 9.79. The molecule has 30 heavy (non-hydrogen) atoms. The molecule has 8 heteroatoms. The molecule has 0 bridgehead atoms. The van der Waals surface area contributed by atoms with Crippen LogP contribution in [-0.2, 0) is 23.8 Å². The van der Waals surface area contributed by atoms with Crippen LogP contribution in [-0.4, -0.2) is 55.7 Å². The van der Waals surface area contributed by atoms with E-state index in [4.69, 9.17) is 18.9 Å². The fourth-order valence-corrected chi connectivity index (χ4v) is 2.86. The summed E-state index contributed by atoms with van der Waals surface area (Å²) in [7, 11) is 0. The number of aliphatic hydroxyl groups excluding tert-OH is 1. The quantitative estimate of drug-likeness (QED) is 0.250. The number of epoxide rings is 1. The van der Waals surface area contributed by atoms with Gasteiger partial charge in [0.15, 0.2) is 0 Å². The molecule has 2 unspecified atom stereocenters. The van der Waals surface area contributed by atoms with E-state index in [2.05, 4.69) is 22.6 Å². The van der Waals surface area contributed by atoms with E-state index in [0.29, 0.717) is 25.2 Å². The molecule has 0 aromatic heterocycles. The van der Waals surface area contributed by atoms with Gasteiger partial charge in [0.2, 0.25) is 0 Å². The Kier molecular flexibility index (Phi) is 8.93. The van der Waals surface area contributed by atoms with Gasteiger partial charge in [-0.2, -0.15) is 0 Å². The van der Waals surface area contributed by atoms with Gasteiger partial charge in [0, 0.05) is 3.57 Å². The first-order chi connectivity index (χ1) is 14.0. The van der Waals surface area contributed by atoms with Crippen LogP contribution >= 0.6 is 22.6 Å². The van der Waals surface area contributed by atoms with Crippen LogP contribution in [0.25, 0.3) is 0 Å². The van der Waals surface area contributed by atoms with E-state index in [0.717, 1.165) is 3.57 Å². The Bertz CT molecular complexity index is 711. The molecule has 1 saturated heterocycles. The zero-order chi connectivity index (χ0) is 22.4. The second-order valence-corrected chi connectivity index (χ2v) is 10.1. The number of carbonyl (C=O) groups is 2. The van der Waals surface area contributed by atoms with Crippen LogP contribution in [0.1, 0.15) is 40.5 Å². The highest BCUT2D eigenvalue weighted by atomic mass is 127. The highest BCUT2D eigenvalue weighted by Gasteiger charge is 2.37. The molecule has 168 valence electrons. The summed E-state index contributed by atoms with van der Waals surface area (Å²) in [5, 5.41) is 10.0. The zero-order valence-corrected chi connectivity index (χ0v) is 20.1. The van der Waals surface area contributed by atoms with Crippen molar-refractivity contribution in [1.82, 2.24) is 0 Å². The minimum atomic E-state index is -0.930. The number of carbonyl (C=O) groups excluding carboxylic acids is 2. The Morgan fingerprint density at radius 2 is 1.60 bits per heavy atom. The second kappa shape index (κ2) is 10.8. The van der Waals surface area contributed by atoms with Gasteiger partial charge in [-0.1, -0.05) is 0 Å². The smallest absolute Gasteiger partial charge is 0.311 e. The fourth-order valence-electron chi connectivity index (χ4n) is 2.50. The number of benzene rings is 1. The summed E-state index contributed by atoms with van der Waals surface area (Å²) < 4.78 is 22.2. The number of esters is 2. The van der Waals surface area contributed by atoms with E-state index in [1.54, 1.807) is 27.7 Å². The summed E-state index contributed by atoms with van der Waals surface area (Å²) in [6, 6.07) is 7.44.